The molecule has 0 fully saturated rings. The van der Waals surface area contributed by atoms with Gasteiger partial charge in [-0.05, 0) is 146 Å². The van der Waals surface area contributed by atoms with Crippen molar-refractivity contribution < 1.29 is 0 Å². The van der Waals surface area contributed by atoms with Gasteiger partial charge in [-0.1, -0.05) is 262 Å². The molecule has 4 heterocycles. The molecule has 0 unspecified atom stereocenters. The number of hydrogen-bond donors (Lipinski definition) is 3. The van der Waals surface area contributed by atoms with E-state index in [0.717, 1.165) is 83.9 Å². The maximum absolute atomic E-state index is 9.59. The summed E-state index contributed by atoms with van der Waals surface area (Å²) in [6, 6.07) is 75.1. The summed E-state index contributed by atoms with van der Waals surface area (Å²) in [6.45, 7) is 35.6. The highest BCUT2D eigenvalue weighted by atomic mass is 27.2. The van der Waals surface area contributed by atoms with Crippen molar-refractivity contribution in [3.05, 3.63) is 287 Å². The Labute approximate surface area is 634 Å². The van der Waals surface area contributed by atoms with Crippen LogP contribution in [-0.2, 0) is 0 Å². The number of nitrogens with two attached hydrogens (primary N) is 1. The van der Waals surface area contributed by atoms with E-state index >= 15 is 0 Å². The minimum Gasteiger partial charge on any atom is -0.398 e. The lowest BCUT2D eigenvalue weighted by molar-refractivity contribution is 0.806. The van der Waals surface area contributed by atoms with Crippen LogP contribution in [0.3, 0.4) is 0 Å². The number of nitrogen functional groups attached to an aromatic ring is 1. The van der Waals surface area contributed by atoms with E-state index in [1.165, 1.54) is 66.7 Å². The number of hydrogen-bond acceptors (Lipinski definition) is 5. The summed E-state index contributed by atoms with van der Waals surface area (Å²) in [5.41, 5.74) is 30.9. The van der Waals surface area contributed by atoms with Gasteiger partial charge in [-0.3, -0.25) is 14.5 Å². The Hall–Kier alpha value is -10.5. The molecule has 14 rings (SSSR count). The van der Waals surface area contributed by atoms with E-state index in [9.17, 15) is 10.7 Å². The Balaban J connectivity index is 0.000000178. The van der Waals surface area contributed by atoms with Gasteiger partial charge in [0.2, 0.25) is 0 Å². The summed E-state index contributed by atoms with van der Waals surface area (Å²) >= 11 is -0.139. The highest BCUT2D eigenvalue weighted by Crippen LogP contribution is 2.41. The van der Waals surface area contributed by atoms with Crippen molar-refractivity contribution in [1.29, 1.82) is 10.7 Å². The summed E-state index contributed by atoms with van der Waals surface area (Å²) in [6.07, 6.45) is 7.98. The number of anilines is 2. The molecule has 0 amide bonds. The van der Waals surface area contributed by atoms with Gasteiger partial charge >= 0.3 is 0 Å². The van der Waals surface area contributed by atoms with Crippen LogP contribution in [0.2, 0.25) is 17.4 Å². The number of para-hydroxylation sites is 6. The van der Waals surface area contributed by atoms with Crippen molar-refractivity contribution in [2.75, 3.05) is 11.1 Å². The second-order valence-corrected chi connectivity index (χ2v) is 34.8. The van der Waals surface area contributed by atoms with Crippen molar-refractivity contribution in [1.82, 2.24) is 28.2 Å². The van der Waals surface area contributed by atoms with Gasteiger partial charge in [-0.25, -0.2) is 9.97 Å². The zero-order valence-electron chi connectivity index (χ0n) is 65.8. The fraction of sp³-hybridized carbons (Fsp3) is 0.284. The Morgan fingerprint density at radius 3 is 1.12 bits per heavy atom. The van der Waals surface area contributed by atoms with Gasteiger partial charge in [0.05, 0.1) is 45.1 Å². The SMILES string of the molecule is CC(C)c1cccc(C(C)C)c1-n1ccnc1-c1cccc(-n2c3ccccc3c3ccc(C#N)cc32)c1.CC(C)c1cccc(C(C)C)c1N.CC(C)c1cccc(C(C)C)c1NC(=N)c1ccc2c3ccccc3n(-c3cccc(-c4nccn4-c4c(C(C)C)cccc4C(C)C)c3)c2c1.[CH3][Al]([CH3])[CH3]. The first kappa shape index (κ1) is 76.6. The molecule has 0 atom stereocenters. The number of nitrogens with zero attached hydrogens (tertiary/aromatic N) is 7. The highest BCUT2D eigenvalue weighted by Gasteiger charge is 2.24. The number of nitriles is 1. The fourth-order valence-corrected chi connectivity index (χ4v) is 14.8. The standard InChI is InChI=1S/C46H49N5.C34H30N4.C12H19N.3CH3.Al/c1-28(2)35-17-12-18-36(29(3)4)43(35)49-45(47)32-22-23-40-39-16-9-10-21-41(39)51(42(40)27-32)34-15-11-14-33(26-34)46-48-24-25-50(46)44-37(30(5)6)19-13-20-38(44)31(7)8;1-22(2)27-12-8-13-28(23(3)4)33(27)37-18-17-36-34(37)25-9-7-10-26(20-25)38-31-14-6-5-11-29(31)30-16-15-24(21-35)19-32(30)38;1-8(2)10-6-5-7-11(9(3)4)12(10)13;;;;/h9-31H,1-8H3,(H2,47,49);5-20,22-23H,1-4H3;5-9H,13H2,1-4H3;3*1H3;. The molecule has 0 aliphatic carbocycles. The number of fused-ring (bicyclic) bond motifs is 6. The van der Waals surface area contributed by atoms with Crippen LogP contribution in [0, 0.1) is 16.7 Å². The molecule has 540 valence electrons. The van der Waals surface area contributed by atoms with Gasteiger partial charge in [-0.15, -0.1) is 17.4 Å². The van der Waals surface area contributed by atoms with Crippen LogP contribution in [0.25, 0.3) is 89.1 Å². The molecule has 4 N–H and O–H groups in total. The Morgan fingerprint density at radius 2 is 0.736 bits per heavy atom. The summed E-state index contributed by atoms with van der Waals surface area (Å²) in [5, 5.41) is 27.1. The predicted molar refractivity (Wildman–Crippen MR) is 455 cm³/mol. The summed E-state index contributed by atoms with van der Waals surface area (Å²) in [7, 11) is 0. The van der Waals surface area contributed by atoms with Gasteiger partial charge in [0.25, 0.3) is 14.1 Å². The van der Waals surface area contributed by atoms with Crippen LogP contribution in [0.15, 0.2) is 231 Å². The first-order valence-corrected chi connectivity index (χ1v) is 41.6. The quantitative estimate of drug-likeness (QED) is 0.0384. The van der Waals surface area contributed by atoms with E-state index in [2.05, 4.69) is 364 Å². The second kappa shape index (κ2) is 33.3. The molecule has 14 aromatic rings. The number of nitrogens with one attached hydrogen (secondary N) is 2. The number of imidazole rings is 2. The molecule has 0 bridgehead atoms. The van der Waals surface area contributed by atoms with Crippen LogP contribution in [0.1, 0.15) is 214 Å². The summed E-state index contributed by atoms with van der Waals surface area (Å²) < 4.78 is 9.12. The predicted octanol–water partition coefficient (Wildman–Crippen LogP) is 26.2. The third kappa shape index (κ3) is 16.0. The molecule has 10 nitrogen and oxygen atoms in total. The molecule has 11 heteroatoms. The molecule has 4 aromatic heterocycles. The smallest absolute Gasteiger partial charge is 0.251 e. The van der Waals surface area contributed by atoms with Crippen molar-refractivity contribution in [2.24, 2.45) is 0 Å². The van der Waals surface area contributed by atoms with Crippen molar-refractivity contribution in [3.63, 3.8) is 0 Å². The van der Waals surface area contributed by atoms with E-state index < -0.39 is 0 Å². The molecule has 0 aliphatic heterocycles. The van der Waals surface area contributed by atoms with E-state index in [1.54, 1.807) is 0 Å². The van der Waals surface area contributed by atoms with Crippen LogP contribution in [0.5, 0.6) is 0 Å². The monoisotopic (exact) mass is 1410 g/mol. The Kier molecular flexibility index (Phi) is 24.1. The maximum Gasteiger partial charge on any atom is 0.251 e. The van der Waals surface area contributed by atoms with Gasteiger partial charge in [0.1, 0.15) is 17.5 Å². The van der Waals surface area contributed by atoms with Crippen LogP contribution >= 0.6 is 0 Å². The molecule has 0 radical (unpaired) electrons. The number of benzene rings is 10. The minimum absolute atomic E-state index is 0.139. The number of amidine groups is 1. The minimum atomic E-state index is -0.139. The second-order valence-electron chi connectivity index (χ2n) is 31.3. The van der Waals surface area contributed by atoms with Crippen LogP contribution < -0.4 is 11.1 Å². The van der Waals surface area contributed by atoms with E-state index in [1.807, 2.05) is 24.5 Å². The van der Waals surface area contributed by atoms with Gasteiger partial charge in [0, 0.05) is 85.8 Å². The van der Waals surface area contributed by atoms with Crippen LogP contribution in [0.4, 0.5) is 11.4 Å². The molecule has 106 heavy (non-hydrogen) atoms. The van der Waals surface area contributed by atoms with Crippen molar-refractivity contribution in [2.45, 2.75) is 175 Å². The average Bonchev–Trinajstić information content (AvgIpc) is 1.59. The third-order valence-corrected chi connectivity index (χ3v) is 20.0. The maximum atomic E-state index is 9.59. The molecular formula is C95H107AlN10. The fourth-order valence-electron chi connectivity index (χ4n) is 14.8. The first-order chi connectivity index (χ1) is 50.8. The molecule has 0 saturated heterocycles. The number of rotatable bonds is 16. The Morgan fingerprint density at radius 1 is 0.396 bits per heavy atom. The highest BCUT2D eigenvalue weighted by molar-refractivity contribution is 6.54. The topological polar surface area (TPSA) is 131 Å². The molecule has 0 aliphatic rings. The molecular weight excluding hydrogens is 1310 g/mol. The third-order valence-electron chi connectivity index (χ3n) is 20.0. The van der Waals surface area contributed by atoms with Crippen LogP contribution in [-0.4, -0.2) is 48.2 Å². The van der Waals surface area contributed by atoms with E-state index in [-0.39, 0.29) is 14.1 Å². The zero-order chi connectivity index (χ0) is 75.9. The normalized spacial score (nSPS) is 11.5. The lowest BCUT2D eigenvalue weighted by Crippen LogP contribution is -2.16. The number of aromatic nitrogens is 6. The molecule has 0 spiro atoms. The zero-order valence-corrected chi connectivity index (χ0v) is 67.0. The average molecular weight is 1420 g/mol. The summed E-state index contributed by atoms with van der Waals surface area (Å²) in [5.74, 6) is 12.4. The molecule has 0 saturated carbocycles. The van der Waals surface area contributed by atoms with E-state index in [0.29, 0.717) is 58.7 Å². The summed E-state index contributed by atoms with van der Waals surface area (Å²) in [4.78, 5) is 9.79. The Bertz CT molecular complexity index is 5370. The lowest BCUT2D eigenvalue weighted by atomic mass is 9.92. The first-order valence-electron chi connectivity index (χ1n) is 38.2. The molecule has 10 aromatic carbocycles. The van der Waals surface area contributed by atoms with Gasteiger partial charge < -0.3 is 20.2 Å². The van der Waals surface area contributed by atoms with Gasteiger partial charge in [-0.2, -0.15) is 5.26 Å². The largest absolute Gasteiger partial charge is 0.398 e. The van der Waals surface area contributed by atoms with E-state index in [4.69, 9.17) is 15.7 Å². The van der Waals surface area contributed by atoms with Crippen molar-refractivity contribution in [3.8, 4) is 51.6 Å². The van der Waals surface area contributed by atoms with Gasteiger partial charge in [0.15, 0.2) is 0 Å². The van der Waals surface area contributed by atoms with Crippen molar-refractivity contribution >= 4 is 75.0 Å². The lowest BCUT2D eigenvalue weighted by Gasteiger charge is -2.22.